The second-order valence-electron chi connectivity index (χ2n) is 4.02. The van der Waals surface area contributed by atoms with E-state index < -0.39 is 0 Å². The van der Waals surface area contributed by atoms with Crippen molar-refractivity contribution in [1.29, 1.82) is 0 Å². The zero-order chi connectivity index (χ0) is 9.40. The van der Waals surface area contributed by atoms with Crippen LogP contribution >= 0.6 is 0 Å². The van der Waals surface area contributed by atoms with E-state index in [9.17, 15) is 0 Å². The SMILES string of the molecule is CCCN(CCC)CCC(C)C. The number of rotatable bonds is 7. The summed E-state index contributed by atoms with van der Waals surface area (Å²) in [7, 11) is 0. The molecule has 0 rings (SSSR count). The van der Waals surface area contributed by atoms with E-state index in [0.717, 1.165) is 5.92 Å². The lowest BCUT2D eigenvalue weighted by atomic mass is 10.1. The Kier molecular flexibility index (Phi) is 7.58. The maximum absolute atomic E-state index is 2.58. The van der Waals surface area contributed by atoms with Gasteiger partial charge >= 0.3 is 0 Å². The molecule has 0 amide bonds. The molecule has 0 spiro atoms. The molecule has 0 aromatic heterocycles. The Morgan fingerprint density at radius 3 is 1.75 bits per heavy atom. The molecule has 74 valence electrons. The van der Waals surface area contributed by atoms with Gasteiger partial charge in [0.2, 0.25) is 0 Å². The third-order valence-corrected chi connectivity index (χ3v) is 2.10. The average molecular weight is 171 g/mol. The van der Waals surface area contributed by atoms with Crippen LogP contribution in [-0.2, 0) is 0 Å². The van der Waals surface area contributed by atoms with Gasteiger partial charge in [-0.1, -0.05) is 27.7 Å². The summed E-state index contributed by atoms with van der Waals surface area (Å²) < 4.78 is 0. The van der Waals surface area contributed by atoms with E-state index in [2.05, 4.69) is 32.6 Å². The van der Waals surface area contributed by atoms with E-state index in [4.69, 9.17) is 0 Å². The normalized spacial score (nSPS) is 11.5. The van der Waals surface area contributed by atoms with Crippen LogP contribution < -0.4 is 0 Å². The fourth-order valence-electron chi connectivity index (χ4n) is 1.41. The minimum atomic E-state index is 0.848. The second kappa shape index (κ2) is 7.60. The summed E-state index contributed by atoms with van der Waals surface area (Å²) in [5.41, 5.74) is 0. The molecule has 1 heteroatoms. The van der Waals surface area contributed by atoms with Crippen molar-refractivity contribution in [2.45, 2.75) is 47.0 Å². The van der Waals surface area contributed by atoms with Crippen molar-refractivity contribution in [2.24, 2.45) is 5.92 Å². The molecule has 0 aromatic carbocycles. The van der Waals surface area contributed by atoms with Gasteiger partial charge in [-0.15, -0.1) is 0 Å². The highest BCUT2D eigenvalue weighted by Crippen LogP contribution is 2.03. The molecular weight excluding hydrogens is 146 g/mol. The van der Waals surface area contributed by atoms with Gasteiger partial charge < -0.3 is 4.90 Å². The highest BCUT2D eigenvalue weighted by molar-refractivity contribution is 4.57. The van der Waals surface area contributed by atoms with Crippen LogP contribution in [0.2, 0.25) is 0 Å². The minimum Gasteiger partial charge on any atom is -0.303 e. The molecule has 12 heavy (non-hydrogen) atoms. The molecule has 0 saturated carbocycles. The predicted octanol–water partition coefficient (Wildman–Crippen LogP) is 3.15. The Labute approximate surface area is 78.1 Å². The zero-order valence-corrected chi connectivity index (χ0v) is 9.27. The van der Waals surface area contributed by atoms with Gasteiger partial charge in [0.1, 0.15) is 0 Å². The Balaban J connectivity index is 3.48. The Bertz CT molecular complexity index is 83.0. The maximum Gasteiger partial charge on any atom is -0.00163 e. The van der Waals surface area contributed by atoms with Gasteiger partial charge in [0.25, 0.3) is 0 Å². The fraction of sp³-hybridized carbons (Fsp3) is 1.00. The summed E-state index contributed by atoms with van der Waals surface area (Å²) in [5, 5.41) is 0. The van der Waals surface area contributed by atoms with E-state index in [1.165, 1.54) is 38.9 Å². The average Bonchev–Trinajstić information content (AvgIpc) is 2.01. The van der Waals surface area contributed by atoms with Crippen LogP contribution in [0.25, 0.3) is 0 Å². The van der Waals surface area contributed by atoms with E-state index in [1.54, 1.807) is 0 Å². The van der Waals surface area contributed by atoms with Gasteiger partial charge in [-0.3, -0.25) is 0 Å². The Morgan fingerprint density at radius 1 is 0.917 bits per heavy atom. The van der Waals surface area contributed by atoms with Gasteiger partial charge in [0.15, 0.2) is 0 Å². The first-order valence-electron chi connectivity index (χ1n) is 5.43. The Morgan fingerprint density at radius 2 is 1.42 bits per heavy atom. The van der Waals surface area contributed by atoms with Crippen molar-refractivity contribution < 1.29 is 0 Å². The van der Waals surface area contributed by atoms with Crippen LogP contribution in [0.1, 0.15) is 47.0 Å². The van der Waals surface area contributed by atoms with Crippen LogP contribution in [0.15, 0.2) is 0 Å². The first-order valence-corrected chi connectivity index (χ1v) is 5.43. The quantitative estimate of drug-likeness (QED) is 0.569. The van der Waals surface area contributed by atoms with E-state index >= 15 is 0 Å². The van der Waals surface area contributed by atoms with Gasteiger partial charge in [0, 0.05) is 0 Å². The zero-order valence-electron chi connectivity index (χ0n) is 9.27. The molecule has 0 aromatic rings. The van der Waals surface area contributed by atoms with Crippen molar-refractivity contribution in [3.63, 3.8) is 0 Å². The topological polar surface area (TPSA) is 3.24 Å². The lowest BCUT2D eigenvalue weighted by Crippen LogP contribution is -2.27. The summed E-state index contributed by atoms with van der Waals surface area (Å²) in [6, 6.07) is 0. The molecule has 0 aliphatic heterocycles. The van der Waals surface area contributed by atoms with Gasteiger partial charge in [0.05, 0.1) is 0 Å². The monoisotopic (exact) mass is 171 g/mol. The molecule has 0 N–H and O–H groups in total. The van der Waals surface area contributed by atoms with Gasteiger partial charge in [-0.2, -0.15) is 0 Å². The highest BCUT2D eigenvalue weighted by Gasteiger charge is 2.02. The summed E-state index contributed by atoms with van der Waals surface area (Å²) in [6.45, 7) is 13.0. The standard InChI is InChI=1S/C11H25N/c1-5-8-12(9-6-2)10-7-11(3)4/h11H,5-10H2,1-4H3. The van der Waals surface area contributed by atoms with Crippen LogP contribution in [-0.4, -0.2) is 24.5 Å². The molecular formula is C11H25N. The van der Waals surface area contributed by atoms with E-state index in [-0.39, 0.29) is 0 Å². The highest BCUT2D eigenvalue weighted by atomic mass is 15.1. The lowest BCUT2D eigenvalue weighted by Gasteiger charge is -2.21. The first kappa shape index (κ1) is 12.0. The number of hydrogen-bond donors (Lipinski definition) is 0. The van der Waals surface area contributed by atoms with E-state index in [1.807, 2.05) is 0 Å². The van der Waals surface area contributed by atoms with Crippen molar-refractivity contribution in [2.75, 3.05) is 19.6 Å². The Hall–Kier alpha value is -0.0400. The molecule has 0 saturated heterocycles. The van der Waals surface area contributed by atoms with Crippen LogP contribution in [0.4, 0.5) is 0 Å². The molecule has 0 atom stereocenters. The fourth-order valence-corrected chi connectivity index (χ4v) is 1.41. The molecule has 0 fully saturated rings. The van der Waals surface area contributed by atoms with Crippen molar-refractivity contribution in [3.8, 4) is 0 Å². The number of nitrogens with zero attached hydrogens (tertiary/aromatic N) is 1. The third kappa shape index (κ3) is 6.66. The van der Waals surface area contributed by atoms with Gasteiger partial charge in [-0.05, 0) is 44.8 Å². The molecule has 0 unspecified atom stereocenters. The van der Waals surface area contributed by atoms with Crippen LogP contribution in [0, 0.1) is 5.92 Å². The summed E-state index contributed by atoms with van der Waals surface area (Å²) in [4.78, 5) is 2.58. The van der Waals surface area contributed by atoms with Crippen LogP contribution in [0.5, 0.6) is 0 Å². The lowest BCUT2D eigenvalue weighted by molar-refractivity contribution is 0.258. The largest absolute Gasteiger partial charge is 0.303 e. The maximum atomic E-state index is 2.58. The third-order valence-electron chi connectivity index (χ3n) is 2.10. The molecule has 0 heterocycles. The summed E-state index contributed by atoms with van der Waals surface area (Å²) in [6.07, 6.45) is 3.93. The van der Waals surface area contributed by atoms with Crippen molar-refractivity contribution >= 4 is 0 Å². The van der Waals surface area contributed by atoms with Crippen molar-refractivity contribution in [1.82, 2.24) is 4.90 Å². The van der Waals surface area contributed by atoms with E-state index in [0.29, 0.717) is 0 Å². The molecule has 1 nitrogen and oxygen atoms in total. The smallest absolute Gasteiger partial charge is 0.00163 e. The van der Waals surface area contributed by atoms with Crippen LogP contribution in [0.3, 0.4) is 0 Å². The summed E-state index contributed by atoms with van der Waals surface area (Å²) in [5.74, 6) is 0.848. The predicted molar refractivity (Wildman–Crippen MR) is 56.5 cm³/mol. The molecule has 0 aliphatic rings. The molecule has 0 aliphatic carbocycles. The second-order valence-corrected chi connectivity index (χ2v) is 4.02. The minimum absolute atomic E-state index is 0.848. The molecule has 0 radical (unpaired) electrons. The molecule has 0 bridgehead atoms. The van der Waals surface area contributed by atoms with Gasteiger partial charge in [-0.25, -0.2) is 0 Å². The summed E-state index contributed by atoms with van der Waals surface area (Å²) >= 11 is 0. The number of hydrogen-bond acceptors (Lipinski definition) is 1. The van der Waals surface area contributed by atoms with Crippen molar-refractivity contribution in [3.05, 3.63) is 0 Å². The first-order chi connectivity index (χ1) is 5.70.